The van der Waals surface area contributed by atoms with E-state index >= 15 is 0 Å². The summed E-state index contributed by atoms with van der Waals surface area (Å²) in [5.41, 5.74) is 0.463. The Balaban J connectivity index is 2.48. The Kier molecular flexibility index (Phi) is 4.00. The number of hydrogen-bond donors (Lipinski definition) is 2. The van der Waals surface area contributed by atoms with Gasteiger partial charge in [0.25, 0.3) is 10.0 Å². The lowest BCUT2D eigenvalue weighted by Gasteiger charge is -2.10. The average Bonchev–Trinajstić information content (AvgIpc) is 2.90. The number of anilines is 1. The van der Waals surface area contributed by atoms with Crippen LogP contribution >= 0.6 is 11.5 Å². The third kappa shape index (κ3) is 2.94. The van der Waals surface area contributed by atoms with E-state index in [1.165, 1.54) is 18.3 Å². The van der Waals surface area contributed by atoms with E-state index in [9.17, 15) is 13.2 Å². The standard InChI is InChI=1S/C11H11N3O4S2/c1-2-7-3-4-8(11(15)16)5-9(7)20(17,18)13-10-6-12-14-19-10/h3-6,13H,2H2,1H3,(H,15,16). The number of carbonyl (C=O) groups is 1. The van der Waals surface area contributed by atoms with Gasteiger partial charge < -0.3 is 5.11 Å². The van der Waals surface area contributed by atoms with Crippen LogP contribution in [0.1, 0.15) is 22.8 Å². The summed E-state index contributed by atoms with van der Waals surface area (Å²) in [6, 6.07) is 4.04. The maximum atomic E-state index is 12.3. The lowest BCUT2D eigenvalue weighted by atomic mass is 10.1. The Hall–Kier alpha value is -2.00. The van der Waals surface area contributed by atoms with Gasteiger partial charge in [-0.15, -0.1) is 5.10 Å². The first-order chi connectivity index (χ1) is 9.44. The number of aromatic carboxylic acids is 1. The molecule has 1 aromatic heterocycles. The molecular formula is C11H11N3O4S2. The van der Waals surface area contributed by atoms with Crippen molar-refractivity contribution in [3.8, 4) is 0 Å². The molecular weight excluding hydrogens is 302 g/mol. The van der Waals surface area contributed by atoms with E-state index in [-0.39, 0.29) is 15.5 Å². The van der Waals surface area contributed by atoms with Gasteiger partial charge in [0.05, 0.1) is 16.7 Å². The zero-order valence-corrected chi connectivity index (χ0v) is 12.0. The van der Waals surface area contributed by atoms with Crippen LogP contribution in [0, 0.1) is 0 Å². The topological polar surface area (TPSA) is 109 Å². The predicted molar refractivity (Wildman–Crippen MR) is 73.5 cm³/mol. The highest BCUT2D eigenvalue weighted by Crippen LogP contribution is 2.22. The summed E-state index contributed by atoms with van der Waals surface area (Å²) < 4.78 is 30.5. The van der Waals surface area contributed by atoms with Crippen LogP contribution in [0.2, 0.25) is 0 Å². The monoisotopic (exact) mass is 313 g/mol. The van der Waals surface area contributed by atoms with Crippen molar-refractivity contribution in [3.05, 3.63) is 35.5 Å². The first-order valence-electron chi connectivity index (χ1n) is 5.60. The Labute approximate surface area is 119 Å². The highest BCUT2D eigenvalue weighted by Gasteiger charge is 2.20. The zero-order valence-electron chi connectivity index (χ0n) is 10.4. The van der Waals surface area contributed by atoms with Gasteiger partial charge in [0.15, 0.2) is 0 Å². The molecule has 1 aromatic carbocycles. The number of aromatic nitrogens is 2. The molecule has 2 N–H and O–H groups in total. The fourth-order valence-corrected chi connectivity index (χ4v) is 3.65. The van der Waals surface area contributed by atoms with E-state index in [1.54, 1.807) is 6.92 Å². The van der Waals surface area contributed by atoms with E-state index in [2.05, 4.69) is 14.3 Å². The SMILES string of the molecule is CCc1ccc(C(=O)O)cc1S(=O)(=O)Nc1cnns1. The second kappa shape index (κ2) is 5.55. The highest BCUT2D eigenvalue weighted by molar-refractivity contribution is 7.93. The fourth-order valence-electron chi connectivity index (χ4n) is 1.63. The van der Waals surface area contributed by atoms with Gasteiger partial charge in [-0.25, -0.2) is 13.2 Å². The number of nitrogens with zero attached hydrogens (tertiary/aromatic N) is 2. The minimum absolute atomic E-state index is 0.0479. The summed E-state index contributed by atoms with van der Waals surface area (Å²) in [5.74, 6) is -1.18. The maximum Gasteiger partial charge on any atom is 0.335 e. The van der Waals surface area contributed by atoms with E-state index in [4.69, 9.17) is 5.11 Å². The van der Waals surface area contributed by atoms with Crippen molar-refractivity contribution in [2.24, 2.45) is 0 Å². The predicted octanol–water partition coefficient (Wildman–Crippen LogP) is 1.60. The molecule has 0 fully saturated rings. The molecule has 0 spiro atoms. The molecule has 1 heterocycles. The molecule has 7 nitrogen and oxygen atoms in total. The number of benzene rings is 1. The zero-order chi connectivity index (χ0) is 14.8. The second-order valence-electron chi connectivity index (χ2n) is 3.87. The minimum Gasteiger partial charge on any atom is -0.478 e. The summed E-state index contributed by atoms with van der Waals surface area (Å²) >= 11 is 0.901. The highest BCUT2D eigenvalue weighted by atomic mass is 32.2. The number of nitrogens with one attached hydrogen (secondary N) is 1. The van der Waals surface area contributed by atoms with Crippen LogP contribution in [-0.2, 0) is 16.4 Å². The van der Waals surface area contributed by atoms with Gasteiger partial charge in [0, 0.05) is 11.5 Å². The third-order valence-electron chi connectivity index (χ3n) is 2.58. The van der Waals surface area contributed by atoms with Crippen molar-refractivity contribution in [2.45, 2.75) is 18.2 Å². The molecule has 0 saturated heterocycles. The molecule has 0 amide bonds. The quantitative estimate of drug-likeness (QED) is 0.867. The van der Waals surface area contributed by atoms with Crippen LogP contribution in [0.4, 0.5) is 5.00 Å². The van der Waals surface area contributed by atoms with Crippen molar-refractivity contribution in [1.82, 2.24) is 9.59 Å². The fraction of sp³-hybridized carbons (Fsp3) is 0.182. The Morgan fingerprint density at radius 1 is 1.45 bits per heavy atom. The van der Waals surface area contributed by atoms with Crippen LogP contribution < -0.4 is 4.72 Å². The lowest BCUT2D eigenvalue weighted by molar-refractivity contribution is 0.0696. The van der Waals surface area contributed by atoms with E-state index in [0.29, 0.717) is 12.0 Å². The summed E-state index contributed by atoms with van der Waals surface area (Å²) in [4.78, 5) is 10.9. The van der Waals surface area contributed by atoms with E-state index in [1.807, 2.05) is 0 Å². The first-order valence-corrected chi connectivity index (χ1v) is 7.86. The number of sulfonamides is 1. The third-order valence-corrected chi connectivity index (χ3v) is 4.74. The molecule has 0 aliphatic carbocycles. The lowest BCUT2D eigenvalue weighted by Crippen LogP contribution is -2.15. The summed E-state index contributed by atoms with van der Waals surface area (Å²) in [5, 5.41) is 12.8. The molecule has 0 atom stereocenters. The average molecular weight is 313 g/mol. The summed E-state index contributed by atoms with van der Waals surface area (Å²) in [7, 11) is -3.86. The van der Waals surface area contributed by atoms with Crippen molar-refractivity contribution in [2.75, 3.05) is 4.72 Å². The van der Waals surface area contributed by atoms with Gasteiger partial charge in [-0.1, -0.05) is 17.5 Å². The smallest absolute Gasteiger partial charge is 0.335 e. The number of aryl methyl sites for hydroxylation is 1. The maximum absolute atomic E-state index is 12.3. The number of carboxylic acid groups (broad SMARTS) is 1. The Bertz CT molecular complexity index is 726. The molecule has 0 unspecified atom stereocenters. The van der Waals surface area contributed by atoms with Crippen molar-refractivity contribution in [3.63, 3.8) is 0 Å². The molecule has 0 saturated carbocycles. The van der Waals surface area contributed by atoms with Crippen LogP contribution in [0.25, 0.3) is 0 Å². The largest absolute Gasteiger partial charge is 0.478 e. The molecule has 20 heavy (non-hydrogen) atoms. The van der Waals surface area contributed by atoms with Crippen molar-refractivity contribution >= 4 is 32.5 Å². The molecule has 9 heteroatoms. The number of hydrogen-bond acceptors (Lipinski definition) is 6. The van der Waals surface area contributed by atoms with E-state index in [0.717, 1.165) is 17.6 Å². The summed E-state index contributed by atoms with van der Waals surface area (Å²) in [6.07, 6.45) is 1.76. The van der Waals surface area contributed by atoms with Gasteiger partial charge in [-0.05, 0) is 24.1 Å². The van der Waals surface area contributed by atoms with Gasteiger partial charge in [0.1, 0.15) is 5.00 Å². The van der Waals surface area contributed by atoms with Gasteiger partial charge >= 0.3 is 5.97 Å². The molecule has 2 rings (SSSR count). The van der Waals surface area contributed by atoms with Crippen LogP contribution in [0.15, 0.2) is 29.3 Å². The minimum atomic E-state index is -3.86. The Morgan fingerprint density at radius 2 is 2.20 bits per heavy atom. The van der Waals surface area contributed by atoms with Crippen LogP contribution in [0.3, 0.4) is 0 Å². The first kappa shape index (κ1) is 14.4. The molecule has 0 radical (unpaired) electrons. The van der Waals surface area contributed by atoms with Gasteiger partial charge in [-0.2, -0.15) is 0 Å². The molecule has 0 aliphatic rings. The molecule has 106 valence electrons. The molecule has 2 aromatic rings. The second-order valence-corrected chi connectivity index (χ2v) is 6.30. The van der Waals surface area contributed by atoms with Gasteiger partial charge in [0.2, 0.25) is 0 Å². The van der Waals surface area contributed by atoms with E-state index < -0.39 is 16.0 Å². The van der Waals surface area contributed by atoms with Crippen LogP contribution in [-0.4, -0.2) is 29.1 Å². The number of carboxylic acids is 1. The van der Waals surface area contributed by atoms with Crippen molar-refractivity contribution in [1.29, 1.82) is 0 Å². The van der Waals surface area contributed by atoms with Gasteiger partial charge in [-0.3, -0.25) is 4.72 Å². The van der Waals surface area contributed by atoms with Crippen molar-refractivity contribution < 1.29 is 18.3 Å². The molecule has 0 aliphatic heterocycles. The number of rotatable bonds is 5. The van der Waals surface area contributed by atoms with Crippen LogP contribution in [0.5, 0.6) is 0 Å². The summed E-state index contributed by atoms with van der Waals surface area (Å²) in [6.45, 7) is 1.79. The Morgan fingerprint density at radius 3 is 2.75 bits per heavy atom. The molecule has 0 bridgehead atoms. The normalized spacial score (nSPS) is 11.2.